The molecule has 7 nitrogen and oxygen atoms in total. The summed E-state index contributed by atoms with van der Waals surface area (Å²) in [5.74, 6) is 1.09. The molecular formula is C14H15N5O2. The highest BCUT2D eigenvalue weighted by Crippen LogP contribution is 2.14. The standard InChI is InChI=1S/C14H15N5O2/c1-9-16-12(7-13-17-18-14(21)19(9)13)15-8-11(20)10-5-3-2-4-6-10/h2-7,11,15,20H,8H2,1H3,(H,18,21). The van der Waals surface area contributed by atoms with Crippen LogP contribution < -0.4 is 11.0 Å². The maximum atomic E-state index is 11.5. The molecule has 0 saturated carbocycles. The third kappa shape index (κ3) is 2.63. The van der Waals surface area contributed by atoms with Gasteiger partial charge in [-0.05, 0) is 12.5 Å². The first kappa shape index (κ1) is 13.3. The van der Waals surface area contributed by atoms with Gasteiger partial charge in [-0.25, -0.2) is 19.3 Å². The van der Waals surface area contributed by atoms with Crippen LogP contribution in [0.25, 0.3) is 5.65 Å². The molecule has 108 valence electrons. The van der Waals surface area contributed by atoms with Crippen LogP contribution in [0.1, 0.15) is 17.5 Å². The smallest absolute Gasteiger partial charge is 0.349 e. The van der Waals surface area contributed by atoms with Crippen LogP contribution in [0.2, 0.25) is 0 Å². The summed E-state index contributed by atoms with van der Waals surface area (Å²) in [5, 5.41) is 19.4. The Bertz CT molecular complexity index is 809. The van der Waals surface area contributed by atoms with Crippen molar-refractivity contribution in [2.24, 2.45) is 0 Å². The summed E-state index contributed by atoms with van der Waals surface area (Å²) in [6.45, 7) is 2.05. The van der Waals surface area contributed by atoms with E-state index in [9.17, 15) is 9.90 Å². The minimum absolute atomic E-state index is 0.314. The largest absolute Gasteiger partial charge is 0.387 e. The van der Waals surface area contributed by atoms with Gasteiger partial charge in [-0.2, -0.15) is 5.10 Å². The van der Waals surface area contributed by atoms with Crippen molar-refractivity contribution in [3.05, 3.63) is 58.3 Å². The number of benzene rings is 1. The summed E-state index contributed by atoms with van der Waals surface area (Å²) in [6.07, 6.45) is -0.633. The number of fused-ring (bicyclic) bond motifs is 1. The van der Waals surface area contributed by atoms with Crippen LogP contribution >= 0.6 is 0 Å². The summed E-state index contributed by atoms with van der Waals surface area (Å²) < 4.78 is 1.39. The summed E-state index contributed by atoms with van der Waals surface area (Å²) >= 11 is 0. The molecule has 1 unspecified atom stereocenters. The quantitative estimate of drug-likeness (QED) is 0.661. The number of hydrogen-bond acceptors (Lipinski definition) is 5. The predicted molar refractivity (Wildman–Crippen MR) is 78.2 cm³/mol. The molecule has 1 aromatic carbocycles. The van der Waals surface area contributed by atoms with Gasteiger partial charge >= 0.3 is 5.69 Å². The number of aromatic amines is 1. The molecule has 2 aromatic heterocycles. The minimum atomic E-state index is -0.633. The number of nitrogens with zero attached hydrogens (tertiary/aromatic N) is 3. The molecule has 0 amide bonds. The zero-order valence-corrected chi connectivity index (χ0v) is 11.4. The van der Waals surface area contributed by atoms with Gasteiger partial charge in [-0.3, -0.25) is 0 Å². The van der Waals surface area contributed by atoms with E-state index in [4.69, 9.17) is 0 Å². The van der Waals surface area contributed by atoms with Crippen molar-refractivity contribution >= 4 is 11.5 Å². The molecule has 0 fully saturated rings. The number of H-pyrrole nitrogens is 1. The number of aryl methyl sites for hydroxylation is 1. The van der Waals surface area contributed by atoms with E-state index in [2.05, 4.69) is 20.5 Å². The number of hydrogen-bond donors (Lipinski definition) is 3. The third-order valence-electron chi connectivity index (χ3n) is 3.23. The first-order chi connectivity index (χ1) is 10.1. The number of anilines is 1. The second kappa shape index (κ2) is 5.37. The molecule has 0 saturated heterocycles. The maximum Gasteiger partial charge on any atom is 0.349 e. The SMILES string of the molecule is Cc1nc(NCC(O)c2ccccc2)cc2n[nH]c(=O)n12. The molecular weight excluding hydrogens is 270 g/mol. The van der Waals surface area contributed by atoms with E-state index >= 15 is 0 Å². The van der Waals surface area contributed by atoms with Crippen LogP contribution in [0.5, 0.6) is 0 Å². The van der Waals surface area contributed by atoms with Gasteiger partial charge in [0.2, 0.25) is 0 Å². The molecule has 0 aliphatic rings. The summed E-state index contributed by atoms with van der Waals surface area (Å²) in [5.41, 5.74) is 1.01. The second-order valence-electron chi connectivity index (χ2n) is 4.72. The van der Waals surface area contributed by atoms with Gasteiger partial charge in [0.15, 0.2) is 5.65 Å². The van der Waals surface area contributed by atoms with Gasteiger partial charge in [0, 0.05) is 12.6 Å². The summed E-state index contributed by atoms with van der Waals surface area (Å²) in [6, 6.07) is 11.0. The summed E-state index contributed by atoms with van der Waals surface area (Å²) in [7, 11) is 0. The fraction of sp³-hybridized carbons (Fsp3) is 0.214. The van der Waals surface area contributed by atoms with Crippen LogP contribution in [0.4, 0.5) is 5.82 Å². The van der Waals surface area contributed by atoms with E-state index in [0.29, 0.717) is 23.8 Å². The van der Waals surface area contributed by atoms with Crippen molar-refractivity contribution < 1.29 is 5.11 Å². The Morgan fingerprint density at radius 3 is 2.90 bits per heavy atom. The normalized spacial score (nSPS) is 12.5. The molecule has 0 aliphatic carbocycles. The third-order valence-corrected chi connectivity index (χ3v) is 3.23. The van der Waals surface area contributed by atoms with E-state index in [1.54, 1.807) is 13.0 Å². The van der Waals surface area contributed by atoms with Gasteiger partial charge in [0.1, 0.15) is 11.6 Å². The van der Waals surface area contributed by atoms with Crippen molar-refractivity contribution in [2.45, 2.75) is 13.0 Å². The van der Waals surface area contributed by atoms with Gasteiger partial charge in [-0.1, -0.05) is 30.3 Å². The maximum absolute atomic E-state index is 11.5. The highest BCUT2D eigenvalue weighted by molar-refractivity contribution is 5.49. The van der Waals surface area contributed by atoms with Gasteiger partial charge < -0.3 is 10.4 Å². The Hall–Kier alpha value is -2.67. The highest BCUT2D eigenvalue weighted by Gasteiger charge is 2.09. The zero-order valence-electron chi connectivity index (χ0n) is 11.4. The lowest BCUT2D eigenvalue weighted by atomic mass is 10.1. The predicted octanol–water partition coefficient (Wildman–Crippen LogP) is 0.872. The molecule has 0 bridgehead atoms. The van der Waals surface area contributed by atoms with Crippen molar-refractivity contribution in [1.29, 1.82) is 0 Å². The number of nitrogens with one attached hydrogen (secondary N) is 2. The van der Waals surface area contributed by atoms with Crippen molar-refractivity contribution in [3.63, 3.8) is 0 Å². The van der Waals surface area contributed by atoms with E-state index in [-0.39, 0.29) is 5.69 Å². The lowest BCUT2D eigenvalue weighted by Gasteiger charge is -2.13. The van der Waals surface area contributed by atoms with Crippen molar-refractivity contribution in [3.8, 4) is 0 Å². The van der Waals surface area contributed by atoms with Crippen LogP contribution in [0.15, 0.2) is 41.2 Å². The van der Waals surface area contributed by atoms with Gasteiger partial charge in [-0.15, -0.1) is 0 Å². The molecule has 0 aliphatic heterocycles. The van der Waals surface area contributed by atoms with Crippen LogP contribution in [-0.2, 0) is 0 Å². The van der Waals surface area contributed by atoms with Gasteiger partial charge in [0.25, 0.3) is 0 Å². The average molecular weight is 285 g/mol. The van der Waals surface area contributed by atoms with Crippen LogP contribution in [0, 0.1) is 6.92 Å². The number of aromatic nitrogens is 4. The van der Waals surface area contributed by atoms with E-state index < -0.39 is 6.10 Å². The molecule has 0 radical (unpaired) electrons. The van der Waals surface area contributed by atoms with Crippen molar-refractivity contribution in [2.75, 3.05) is 11.9 Å². The molecule has 2 heterocycles. The zero-order chi connectivity index (χ0) is 14.8. The average Bonchev–Trinajstić information content (AvgIpc) is 2.87. The topological polar surface area (TPSA) is 95.3 Å². The van der Waals surface area contributed by atoms with Crippen LogP contribution in [0.3, 0.4) is 0 Å². The molecule has 7 heteroatoms. The molecule has 3 rings (SSSR count). The van der Waals surface area contributed by atoms with E-state index in [1.807, 2.05) is 30.3 Å². The molecule has 3 N–H and O–H groups in total. The van der Waals surface area contributed by atoms with E-state index in [1.165, 1.54) is 4.40 Å². The Morgan fingerprint density at radius 2 is 2.14 bits per heavy atom. The molecule has 21 heavy (non-hydrogen) atoms. The lowest BCUT2D eigenvalue weighted by molar-refractivity contribution is 0.191. The monoisotopic (exact) mass is 285 g/mol. The second-order valence-corrected chi connectivity index (χ2v) is 4.72. The van der Waals surface area contributed by atoms with Gasteiger partial charge in [0.05, 0.1) is 6.10 Å². The molecule has 1 atom stereocenters. The molecule has 3 aromatic rings. The number of aliphatic hydroxyl groups excluding tert-OH is 1. The number of rotatable bonds is 4. The first-order valence-electron chi connectivity index (χ1n) is 6.57. The Morgan fingerprint density at radius 1 is 1.38 bits per heavy atom. The number of aliphatic hydroxyl groups is 1. The summed E-state index contributed by atoms with van der Waals surface area (Å²) in [4.78, 5) is 15.8. The Kier molecular flexibility index (Phi) is 3.41. The highest BCUT2D eigenvalue weighted by atomic mass is 16.3. The van der Waals surface area contributed by atoms with E-state index in [0.717, 1.165) is 5.56 Å². The molecule has 0 spiro atoms. The fourth-order valence-electron chi connectivity index (χ4n) is 2.18. The lowest BCUT2D eigenvalue weighted by Crippen LogP contribution is -2.16. The Balaban J connectivity index is 1.78. The van der Waals surface area contributed by atoms with Crippen LogP contribution in [-0.4, -0.2) is 31.2 Å². The minimum Gasteiger partial charge on any atom is -0.387 e. The Labute approximate surface area is 120 Å². The first-order valence-corrected chi connectivity index (χ1v) is 6.57. The fourth-order valence-corrected chi connectivity index (χ4v) is 2.18. The van der Waals surface area contributed by atoms with Crippen molar-refractivity contribution in [1.82, 2.24) is 19.6 Å².